The van der Waals surface area contributed by atoms with Crippen molar-refractivity contribution in [3.05, 3.63) is 164 Å². The first kappa shape index (κ1) is 27.8. The minimum atomic E-state index is 0.654. The Morgan fingerprint density at radius 3 is 1.67 bits per heavy atom. The monoisotopic (exact) mass is 641 g/mol. The molecule has 0 amide bonds. The Bertz CT molecular complexity index is 2820. The van der Waals surface area contributed by atoms with Gasteiger partial charge in [-0.2, -0.15) is 0 Å². The van der Waals surface area contributed by atoms with Crippen LogP contribution >= 0.6 is 11.3 Å². The van der Waals surface area contributed by atoms with E-state index in [0.717, 1.165) is 22.1 Å². The first-order valence-electron chi connectivity index (χ1n) is 16.4. The summed E-state index contributed by atoms with van der Waals surface area (Å²) in [4.78, 5) is 14.9. The Balaban J connectivity index is 1.17. The summed E-state index contributed by atoms with van der Waals surface area (Å²) in [5.74, 6) is 1.97. The maximum atomic E-state index is 5.01. The van der Waals surface area contributed by atoms with E-state index in [0.29, 0.717) is 17.5 Å². The average molecular weight is 642 g/mol. The van der Waals surface area contributed by atoms with Crippen LogP contribution in [0, 0.1) is 0 Å². The number of benzene rings is 8. The average Bonchev–Trinajstić information content (AvgIpc) is 3.56. The Morgan fingerprint density at radius 2 is 0.918 bits per heavy atom. The molecule has 0 radical (unpaired) electrons. The van der Waals surface area contributed by atoms with E-state index in [9.17, 15) is 0 Å². The fraction of sp³-hybridized carbons (Fsp3) is 0. The molecule has 4 heteroatoms. The van der Waals surface area contributed by atoms with Crippen molar-refractivity contribution in [1.82, 2.24) is 15.0 Å². The first-order chi connectivity index (χ1) is 24.3. The maximum Gasteiger partial charge on any atom is 0.164 e. The molecule has 0 N–H and O–H groups in total. The van der Waals surface area contributed by atoms with E-state index in [1.54, 1.807) is 0 Å². The van der Waals surface area contributed by atoms with Gasteiger partial charge in [-0.25, -0.2) is 15.0 Å². The number of rotatable bonds is 4. The van der Waals surface area contributed by atoms with Crippen LogP contribution in [0.25, 0.3) is 97.8 Å². The lowest BCUT2D eigenvalue weighted by Crippen LogP contribution is -2.00. The van der Waals surface area contributed by atoms with Crippen LogP contribution in [0.15, 0.2) is 164 Å². The van der Waals surface area contributed by atoms with Crippen molar-refractivity contribution >= 4 is 63.8 Å². The summed E-state index contributed by atoms with van der Waals surface area (Å²) in [5, 5.41) is 10.1. The second-order valence-corrected chi connectivity index (χ2v) is 13.5. The normalized spacial score (nSPS) is 11.7. The van der Waals surface area contributed by atoms with Gasteiger partial charge in [0.1, 0.15) is 0 Å². The van der Waals surface area contributed by atoms with Crippen LogP contribution in [0.4, 0.5) is 0 Å². The van der Waals surface area contributed by atoms with Crippen molar-refractivity contribution in [1.29, 1.82) is 0 Å². The van der Waals surface area contributed by atoms with Crippen LogP contribution in [-0.2, 0) is 0 Å². The number of thiophene rings is 1. The van der Waals surface area contributed by atoms with Crippen LogP contribution in [0.2, 0.25) is 0 Å². The minimum absolute atomic E-state index is 0.654. The highest BCUT2D eigenvalue weighted by molar-refractivity contribution is 7.26. The molecule has 0 aliphatic carbocycles. The van der Waals surface area contributed by atoms with Gasteiger partial charge in [0, 0.05) is 42.2 Å². The summed E-state index contributed by atoms with van der Waals surface area (Å²) in [6.07, 6.45) is 0. The Morgan fingerprint density at radius 1 is 0.347 bits per heavy atom. The molecule has 0 aliphatic rings. The summed E-state index contributed by atoms with van der Waals surface area (Å²) in [6, 6.07) is 58.1. The van der Waals surface area contributed by atoms with Crippen molar-refractivity contribution in [3.8, 4) is 45.3 Å². The van der Waals surface area contributed by atoms with Gasteiger partial charge < -0.3 is 0 Å². The number of aromatic nitrogens is 3. The van der Waals surface area contributed by atoms with E-state index in [4.69, 9.17) is 15.0 Å². The molecule has 0 aliphatic heterocycles. The van der Waals surface area contributed by atoms with Gasteiger partial charge in [0.15, 0.2) is 17.5 Å². The molecule has 3 nitrogen and oxygen atoms in total. The summed E-state index contributed by atoms with van der Waals surface area (Å²) < 4.78 is 2.67. The second-order valence-electron chi connectivity index (χ2n) is 12.4. The third kappa shape index (κ3) is 4.68. The van der Waals surface area contributed by atoms with Gasteiger partial charge in [-0.15, -0.1) is 11.3 Å². The van der Waals surface area contributed by atoms with Gasteiger partial charge in [-0.05, 0) is 56.3 Å². The third-order valence-electron chi connectivity index (χ3n) is 9.49. The molecule has 0 bridgehead atoms. The zero-order valence-electron chi connectivity index (χ0n) is 26.3. The van der Waals surface area contributed by atoms with Gasteiger partial charge in [-0.3, -0.25) is 0 Å². The topological polar surface area (TPSA) is 38.7 Å². The van der Waals surface area contributed by atoms with Gasteiger partial charge in [-0.1, -0.05) is 146 Å². The zero-order valence-corrected chi connectivity index (χ0v) is 27.2. The smallest absolute Gasteiger partial charge is 0.164 e. The maximum absolute atomic E-state index is 5.01. The van der Waals surface area contributed by atoms with E-state index >= 15 is 0 Å². The summed E-state index contributed by atoms with van der Waals surface area (Å²) >= 11 is 1.89. The van der Waals surface area contributed by atoms with Crippen molar-refractivity contribution in [2.75, 3.05) is 0 Å². The molecule has 0 spiro atoms. The van der Waals surface area contributed by atoms with Gasteiger partial charge in [0.2, 0.25) is 0 Å². The molecule has 49 heavy (non-hydrogen) atoms. The van der Waals surface area contributed by atoms with Crippen molar-refractivity contribution in [2.45, 2.75) is 0 Å². The Hall–Kier alpha value is -6.23. The van der Waals surface area contributed by atoms with Crippen LogP contribution in [0.5, 0.6) is 0 Å². The summed E-state index contributed by atoms with van der Waals surface area (Å²) in [7, 11) is 0. The second kappa shape index (κ2) is 11.2. The molecule has 8 aromatic carbocycles. The number of hydrogen-bond donors (Lipinski definition) is 0. The van der Waals surface area contributed by atoms with Gasteiger partial charge in [0.05, 0.1) is 0 Å². The quantitative estimate of drug-likeness (QED) is 0.180. The largest absolute Gasteiger partial charge is 0.208 e. The lowest BCUT2D eigenvalue weighted by atomic mass is 9.93. The first-order valence-corrected chi connectivity index (χ1v) is 17.3. The molecule has 10 aromatic rings. The Kier molecular flexibility index (Phi) is 6.36. The molecule has 0 fully saturated rings. The highest BCUT2D eigenvalue weighted by Gasteiger charge is 2.15. The molecule has 2 heterocycles. The minimum Gasteiger partial charge on any atom is -0.208 e. The van der Waals surface area contributed by atoms with Crippen molar-refractivity contribution in [3.63, 3.8) is 0 Å². The molecule has 10 rings (SSSR count). The fourth-order valence-corrected chi connectivity index (χ4v) is 8.36. The number of fused-ring (bicyclic) bond motifs is 8. The summed E-state index contributed by atoms with van der Waals surface area (Å²) in [5.41, 5.74) is 5.24. The number of hydrogen-bond acceptors (Lipinski definition) is 4. The van der Waals surface area contributed by atoms with E-state index < -0.39 is 0 Å². The predicted octanol–water partition coefficient (Wildman–Crippen LogP) is 12.4. The number of nitrogens with zero attached hydrogens (tertiary/aromatic N) is 3. The van der Waals surface area contributed by atoms with E-state index in [1.165, 1.54) is 58.2 Å². The van der Waals surface area contributed by atoms with Crippen LogP contribution in [0.1, 0.15) is 0 Å². The predicted molar refractivity (Wildman–Crippen MR) is 207 cm³/mol. The molecular formula is C45H27N3S. The van der Waals surface area contributed by atoms with Gasteiger partial charge >= 0.3 is 0 Å². The highest BCUT2D eigenvalue weighted by atomic mass is 32.1. The van der Waals surface area contributed by atoms with Crippen LogP contribution in [0.3, 0.4) is 0 Å². The highest BCUT2D eigenvalue weighted by Crippen LogP contribution is 2.42. The summed E-state index contributed by atoms with van der Waals surface area (Å²) in [6.45, 7) is 0. The lowest BCUT2D eigenvalue weighted by molar-refractivity contribution is 1.07. The van der Waals surface area contributed by atoms with Crippen LogP contribution in [-0.4, -0.2) is 15.0 Å². The van der Waals surface area contributed by atoms with E-state index in [1.807, 2.05) is 72.0 Å². The zero-order chi connectivity index (χ0) is 32.3. The van der Waals surface area contributed by atoms with E-state index in [2.05, 4.69) is 103 Å². The third-order valence-corrected chi connectivity index (χ3v) is 10.7. The molecule has 0 atom stereocenters. The molecule has 0 unspecified atom stereocenters. The molecule has 0 saturated heterocycles. The fourth-order valence-electron chi connectivity index (χ4n) is 7.09. The SMILES string of the molecule is c1ccc(-c2nc(-c3ccccc3)nc(-c3ccc4cccc(-c5ccc6ccc7ccc8c9ccccc9sc8c7c6c5)c4c3)n2)cc1. The molecule has 228 valence electrons. The van der Waals surface area contributed by atoms with Gasteiger partial charge in [0.25, 0.3) is 0 Å². The molecule has 0 saturated carbocycles. The standard InChI is InChI=1S/C45H27N3S/c1-3-10-31(11-4-1)43-46-44(32-12-5-2-6-13-32)48-45(47-43)34-23-20-28-14-9-16-35(38(28)27-34)33-22-19-29-18-21-30-24-25-37-36-15-7-8-17-40(36)49-42(37)41(30)39(29)26-33/h1-27H. The molecular weight excluding hydrogens is 615 g/mol. The van der Waals surface area contributed by atoms with Crippen molar-refractivity contribution in [2.24, 2.45) is 0 Å². The van der Waals surface area contributed by atoms with Crippen LogP contribution < -0.4 is 0 Å². The van der Waals surface area contributed by atoms with Crippen molar-refractivity contribution < 1.29 is 0 Å². The lowest BCUT2D eigenvalue weighted by Gasteiger charge is -2.12. The Labute approximate surface area is 286 Å². The molecule has 2 aromatic heterocycles. The van der Waals surface area contributed by atoms with E-state index in [-0.39, 0.29) is 0 Å².